The minimum Gasteiger partial charge on any atom is -0.495 e. The van der Waals surface area contributed by atoms with E-state index in [9.17, 15) is 0 Å². The van der Waals surface area contributed by atoms with Crippen LogP contribution < -0.4 is 4.74 Å². The van der Waals surface area contributed by atoms with Crippen LogP contribution in [0.15, 0.2) is 23.6 Å². The summed E-state index contributed by atoms with van der Waals surface area (Å²) in [5, 5.41) is 12.7. The lowest BCUT2D eigenvalue weighted by Gasteiger charge is -2.09. The molecule has 0 fully saturated rings. The first-order valence-corrected chi connectivity index (χ1v) is 7.39. The molecule has 4 nitrogen and oxygen atoms in total. The number of benzene rings is 1. The Kier molecular flexibility index (Phi) is 3.50. The fraction of sp³-hybridized carbons (Fsp3) is 0.133. The quantitative estimate of drug-likeness (QED) is 0.711. The van der Waals surface area contributed by atoms with E-state index in [1.165, 1.54) is 11.3 Å². The number of nitrogens with zero attached hydrogens (tertiary/aromatic N) is 3. The molecule has 6 heteroatoms. The maximum Gasteiger partial charge on any atom is 0.152 e. The van der Waals surface area contributed by atoms with Crippen LogP contribution in [0, 0.1) is 18.3 Å². The second-order valence-corrected chi connectivity index (χ2v) is 5.69. The highest BCUT2D eigenvalue weighted by atomic mass is 35.5. The third-order valence-corrected chi connectivity index (χ3v) is 4.38. The van der Waals surface area contributed by atoms with Crippen LogP contribution in [0.25, 0.3) is 21.6 Å². The number of fused-ring (bicyclic) bond motifs is 1. The third kappa shape index (κ3) is 2.33. The lowest BCUT2D eigenvalue weighted by Crippen LogP contribution is -1.92. The van der Waals surface area contributed by atoms with E-state index in [0.29, 0.717) is 32.7 Å². The Bertz CT molecular complexity index is 882. The normalized spacial score (nSPS) is 10.6. The maximum atomic E-state index is 8.87. The summed E-state index contributed by atoms with van der Waals surface area (Å²) in [6, 6.07) is 7.74. The Morgan fingerprint density at radius 2 is 2.14 bits per heavy atom. The number of halogens is 1. The summed E-state index contributed by atoms with van der Waals surface area (Å²) in [6.07, 6.45) is 0. The van der Waals surface area contributed by atoms with Crippen molar-refractivity contribution in [1.29, 1.82) is 5.26 Å². The van der Waals surface area contributed by atoms with E-state index in [-0.39, 0.29) is 0 Å². The average Bonchev–Trinajstić information content (AvgIpc) is 2.97. The van der Waals surface area contributed by atoms with Crippen LogP contribution in [0.1, 0.15) is 11.3 Å². The monoisotopic (exact) mass is 315 g/mol. The minimum absolute atomic E-state index is 0.395. The molecule has 0 radical (unpaired) electrons. The number of hydrogen-bond donors (Lipinski definition) is 0. The number of methoxy groups -OCH3 is 1. The number of aryl methyl sites for hydroxylation is 1. The van der Waals surface area contributed by atoms with Crippen LogP contribution in [0.3, 0.4) is 0 Å². The fourth-order valence-electron chi connectivity index (χ4n) is 2.12. The SMILES string of the molecule is COc1ccc2c(C)cc(-c3nc(C#N)cs3)nc2c1Cl. The van der Waals surface area contributed by atoms with Gasteiger partial charge < -0.3 is 4.74 Å². The summed E-state index contributed by atoms with van der Waals surface area (Å²) in [5.74, 6) is 0.588. The van der Waals surface area contributed by atoms with Crippen LogP contribution in [0.5, 0.6) is 5.75 Å². The summed E-state index contributed by atoms with van der Waals surface area (Å²) in [4.78, 5) is 8.83. The Morgan fingerprint density at radius 1 is 1.33 bits per heavy atom. The summed E-state index contributed by atoms with van der Waals surface area (Å²) >= 11 is 7.74. The zero-order chi connectivity index (χ0) is 15.0. The van der Waals surface area contributed by atoms with Crippen LogP contribution >= 0.6 is 22.9 Å². The number of rotatable bonds is 2. The van der Waals surface area contributed by atoms with Crippen LogP contribution in [0.2, 0.25) is 5.02 Å². The summed E-state index contributed by atoms with van der Waals surface area (Å²) < 4.78 is 5.23. The number of pyridine rings is 1. The highest BCUT2D eigenvalue weighted by Crippen LogP contribution is 2.35. The first kappa shape index (κ1) is 13.8. The molecule has 0 aliphatic carbocycles. The largest absolute Gasteiger partial charge is 0.495 e. The van der Waals surface area contributed by atoms with Crippen molar-refractivity contribution in [2.75, 3.05) is 7.11 Å². The van der Waals surface area contributed by atoms with Gasteiger partial charge in [-0.25, -0.2) is 9.97 Å². The third-order valence-electron chi connectivity index (χ3n) is 3.15. The molecule has 0 unspecified atom stereocenters. The van der Waals surface area contributed by atoms with Crippen molar-refractivity contribution in [2.45, 2.75) is 6.92 Å². The molecule has 1 aromatic carbocycles. The molecule has 21 heavy (non-hydrogen) atoms. The molecule has 2 heterocycles. The van der Waals surface area contributed by atoms with Gasteiger partial charge in [0.15, 0.2) is 5.69 Å². The number of ether oxygens (including phenoxy) is 1. The van der Waals surface area contributed by atoms with Gasteiger partial charge in [-0.3, -0.25) is 0 Å². The number of thiazole rings is 1. The van der Waals surface area contributed by atoms with Gasteiger partial charge >= 0.3 is 0 Å². The molecule has 0 saturated heterocycles. The van der Waals surface area contributed by atoms with Crippen LogP contribution in [0.4, 0.5) is 0 Å². The van der Waals surface area contributed by atoms with E-state index < -0.39 is 0 Å². The molecule has 3 rings (SSSR count). The van der Waals surface area contributed by atoms with Gasteiger partial charge in [-0.15, -0.1) is 11.3 Å². The number of aromatic nitrogens is 2. The maximum absolute atomic E-state index is 8.87. The molecule has 2 aromatic heterocycles. The molecule has 0 aliphatic heterocycles. The lowest BCUT2D eigenvalue weighted by molar-refractivity contribution is 0.415. The predicted octanol–water partition coefficient (Wildman–Crippen LogP) is 4.20. The van der Waals surface area contributed by atoms with Gasteiger partial charge in [0, 0.05) is 10.8 Å². The molecule has 0 bridgehead atoms. The van der Waals surface area contributed by atoms with Crippen molar-refractivity contribution in [3.05, 3.63) is 39.9 Å². The van der Waals surface area contributed by atoms with Crippen molar-refractivity contribution in [2.24, 2.45) is 0 Å². The van der Waals surface area contributed by atoms with Crippen molar-refractivity contribution in [3.8, 4) is 22.5 Å². The van der Waals surface area contributed by atoms with E-state index in [2.05, 4.69) is 9.97 Å². The zero-order valence-corrected chi connectivity index (χ0v) is 12.9. The Balaban J connectivity index is 2.26. The Morgan fingerprint density at radius 3 is 2.81 bits per heavy atom. The van der Waals surface area contributed by atoms with Gasteiger partial charge in [0.2, 0.25) is 0 Å². The lowest BCUT2D eigenvalue weighted by atomic mass is 10.1. The Labute approximate surface area is 130 Å². The summed E-state index contributed by atoms with van der Waals surface area (Å²) in [5.41, 5.74) is 2.83. The van der Waals surface area contributed by atoms with E-state index in [1.54, 1.807) is 12.5 Å². The number of nitriles is 1. The molecule has 104 valence electrons. The van der Waals surface area contributed by atoms with Crippen LogP contribution in [-0.2, 0) is 0 Å². The highest BCUT2D eigenvalue weighted by Gasteiger charge is 2.13. The molecule has 0 saturated carbocycles. The second-order valence-electron chi connectivity index (χ2n) is 4.45. The van der Waals surface area contributed by atoms with Gasteiger partial charge in [0.25, 0.3) is 0 Å². The van der Waals surface area contributed by atoms with Gasteiger partial charge in [-0.2, -0.15) is 5.26 Å². The molecule has 0 atom stereocenters. The van der Waals surface area contributed by atoms with Gasteiger partial charge in [0.05, 0.1) is 18.3 Å². The van der Waals surface area contributed by atoms with Crippen molar-refractivity contribution < 1.29 is 4.74 Å². The van der Waals surface area contributed by atoms with E-state index >= 15 is 0 Å². The highest BCUT2D eigenvalue weighted by molar-refractivity contribution is 7.13. The van der Waals surface area contributed by atoms with E-state index in [1.807, 2.05) is 31.2 Å². The predicted molar refractivity (Wildman–Crippen MR) is 83.9 cm³/mol. The fourth-order valence-corrected chi connectivity index (χ4v) is 3.11. The molecule has 3 aromatic rings. The average molecular weight is 316 g/mol. The van der Waals surface area contributed by atoms with Crippen LogP contribution in [-0.4, -0.2) is 17.1 Å². The number of hydrogen-bond acceptors (Lipinski definition) is 5. The molecule has 0 aliphatic rings. The molecule has 0 N–H and O–H groups in total. The summed E-state index contributed by atoms with van der Waals surface area (Å²) in [6.45, 7) is 2.00. The van der Waals surface area contributed by atoms with Gasteiger partial charge in [-0.05, 0) is 30.7 Å². The molecule has 0 spiro atoms. The first-order valence-electron chi connectivity index (χ1n) is 6.14. The van der Waals surface area contributed by atoms with Crippen molar-refractivity contribution in [1.82, 2.24) is 9.97 Å². The zero-order valence-electron chi connectivity index (χ0n) is 11.3. The van der Waals surface area contributed by atoms with Crippen molar-refractivity contribution >= 4 is 33.8 Å². The van der Waals surface area contributed by atoms with E-state index in [0.717, 1.165) is 10.9 Å². The second kappa shape index (κ2) is 5.32. The summed E-state index contributed by atoms with van der Waals surface area (Å²) in [7, 11) is 1.57. The molecule has 0 amide bonds. The van der Waals surface area contributed by atoms with E-state index in [4.69, 9.17) is 21.6 Å². The first-order chi connectivity index (χ1) is 10.1. The smallest absolute Gasteiger partial charge is 0.152 e. The molecular weight excluding hydrogens is 306 g/mol. The van der Waals surface area contributed by atoms with Gasteiger partial charge in [-0.1, -0.05) is 11.6 Å². The van der Waals surface area contributed by atoms with Gasteiger partial charge in [0.1, 0.15) is 21.8 Å². The Hall–Kier alpha value is -2.16. The van der Waals surface area contributed by atoms with Crippen molar-refractivity contribution in [3.63, 3.8) is 0 Å². The molecular formula is C15H10ClN3OS. The topological polar surface area (TPSA) is 58.8 Å². The minimum atomic E-state index is 0.395. The standard InChI is InChI=1S/C15H10ClN3OS/c1-8-5-11(15-18-9(6-17)7-21-15)19-14-10(8)3-4-12(20-2)13(14)16/h3-5,7H,1-2H3.